The van der Waals surface area contributed by atoms with Gasteiger partial charge in [-0.2, -0.15) is 0 Å². The van der Waals surface area contributed by atoms with Gasteiger partial charge in [-0.05, 0) is 12.2 Å². The van der Waals surface area contributed by atoms with Crippen LogP contribution in [0.4, 0.5) is 25.2 Å². The molecule has 2 nitrogen and oxygen atoms in total. The molecule has 0 fully saturated rings. The SMILES string of the molecule is F[P-](F)(F)(F)(F)F.S=c1[nH]cc[nH]1.[H+]. The molecule has 1 rings (SSSR count). The molecule has 0 aliphatic heterocycles. The molecule has 13 heavy (non-hydrogen) atoms. The van der Waals surface area contributed by atoms with Crippen molar-refractivity contribution in [2.45, 2.75) is 0 Å². The average Bonchev–Trinajstić information content (AvgIpc) is 2.07. The molecule has 0 saturated heterocycles. The van der Waals surface area contributed by atoms with E-state index in [1.54, 1.807) is 12.4 Å². The maximum Gasteiger partial charge on any atom is 1.00 e. The van der Waals surface area contributed by atoms with Gasteiger partial charge in [0.05, 0.1) is 0 Å². The second-order valence-electron chi connectivity index (χ2n) is 1.91. The molecular weight excluding hydrogens is 241 g/mol. The minimum atomic E-state index is -10.7. The maximum atomic E-state index is 9.87. The van der Waals surface area contributed by atoms with E-state index >= 15 is 0 Å². The number of aromatic nitrogens is 2. The predicted octanol–water partition coefficient (Wildman–Crippen LogP) is 4.57. The van der Waals surface area contributed by atoms with E-state index in [2.05, 4.69) is 22.2 Å². The van der Waals surface area contributed by atoms with Crippen molar-refractivity contribution in [2.75, 3.05) is 0 Å². The summed E-state index contributed by atoms with van der Waals surface area (Å²) >= 11 is 4.63. The van der Waals surface area contributed by atoms with Gasteiger partial charge in [0, 0.05) is 12.4 Å². The summed E-state index contributed by atoms with van der Waals surface area (Å²) in [6.07, 6.45) is 3.50. The van der Waals surface area contributed by atoms with E-state index in [9.17, 15) is 25.2 Å². The second-order valence-corrected chi connectivity index (χ2v) is 4.23. The number of imidazole rings is 1. The number of halogens is 6. The minimum absolute atomic E-state index is 0. The Morgan fingerprint density at radius 1 is 1.00 bits per heavy atom. The number of hydrogen-bond donors (Lipinski definition) is 2. The van der Waals surface area contributed by atoms with Crippen LogP contribution in [0.3, 0.4) is 0 Å². The summed E-state index contributed by atoms with van der Waals surface area (Å²) in [5.74, 6) is 0. The van der Waals surface area contributed by atoms with Crippen LogP contribution in [0, 0.1) is 4.77 Å². The average molecular weight is 246 g/mol. The van der Waals surface area contributed by atoms with E-state index in [0.29, 0.717) is 4.77 Å². The van der Waals surface area contributed by atoms with Crippen LogP contribution in [0.1, 0.15) is 1.43 Å². The predicted molar refractivity (Wildman–Crippen MR) is 40.7 cm³/mol. The van der Waals surface area contributed by atoms with E-state index in [1.165, 1.54) is 0 Å². The molecule has 0 aliphatic carbocycles. The number of nitrogens with one attached hydrogen (secondary N) is 2. The zero-order valence-corrected chi connectivity index (χ0v) is 7.49. The summed E-state index contributed by atoms with van der Waals surface area (Å²) < 4.78 is 59.9. The first-order chi connectivity index (χ1) is 5.34. The molecule has 1 heterocycles. The molecule has 1 aromatic rings. The monoisotopic (exact) mass is 246 g/mol. The second kappa shape index (κ2) is 2.71. The number of H-pyrrole nitrogens is 2. The third kappa shape index (κ3) is 24.6. The number of hydrogen-bond acceptors (Lipinski definition) is 1. The van der Waals surface area contributed by atoms with E-state index in [4.69, 9.17) is 0 Å². The van der Waals surface area contributed by atoms with Crippen molar-refractivity contribution in [2.24, 2.45) is 0 Å². The fourth-order valence-corrected chi connectivity index (χ4v) is 0.412. The van der Waals surface area contributed by atoms with E-state index < -0.39 is 7.81 Å². The fraction of sp³-hybridized carbons (Fsp3) is 0. The van der Waals surface area contributed by atoms with Crippen molar-refractivity contribution in [1.29, 1.82) is 0 Å². The third-order valence-corrected chi connectivity index (χ3v) is 0.748. The third-order valence-electron chi connectivity index (χ3n) is 0.512. The molecule has 1 aromatic heterocycles. The molecule has 0 bridgehead atoms. The molecule has 0 amide bonds. The first-order valence-corrected chi connectivity index (χ1v) is 5.07. The topological polar surface area (TPSA) is 31.6 Å². The zero-order chi connectivity index (χ0) is 10.8. The normalized spacial score (nSPS) is 16.5. The standard InChI is InChI=1S/C3H4N2S.F6P/c6-3-4-1-2-5-3;1-7(2,3,4,5)6/h1-2H,(H2,4,5,6);/q;-1/p+1. The summed E-state index contributed by atoms with van der Waals surface area (Å²) in [6, 6.07) is 0. The Bertz CT molecular complexity index is 297. The van der Waals surface area contributed by atoms with Crippen LogP contribution in [0.2, 0.25) is 0 Å². The molecule has 80 valence electrons. The molecule has 0 spiro atoms. The molecule has 0 radical (unpaired) electrons. The van der Waals surface area contributed by atoms with Crippen LogP contribution in [0.25, 0.3) is 0 Å². The van der Waals surface area contributed by atoms with Crippen molar-refractivity contribution in [1.82, 2.24) is 9.97 Å². The smallest absolute Gasteiger partial charge is 0.338 e. The van der Waals surface area contributed by atoms with Gasteiger partial charge < -0.3 is 9.97 Å². The summed E-state index contributed by atoms with van der Waals surface area (Å²) in [5, 5.41) is 0. The molecule has 0 aromatic carbocycles. The van der Waals surface area contributed by atoms with Gasteiger partial charge >= 0.3 is 34.4 Å². The van der Waals surface area contributed by atoms with Gasteiger partial charge in [-0.15, -0.1) is 0 Å². The Morgan fingerprint density at radius 2 is 1.23 bits per heavy atom. The van der Waals surface area contributed by atoms with E-state index in [0.717, 1.165) is 0 Å². The van der Waals surface area contributed by atoms with Crippen molar-refractivity contribution in [3.8, 4) is 0 Å². The fourth-order valence-electron chi connectivity index (χ4n) is 0.276. The Morgan fingerprint density at radius 3 is 1.31 bits per heavy atom. The zero-order valence-electron chi connectivity index (χ0n) is 6.78. The number of aromatic amines is 2. The molecule has 2 N–H and O–H groups in total. The summed E-state index contributed by atoms with van der Waals surface area (Å²) in [5.41, 5.74) is 0. The van der Waals surface area contributed by atoms with Gasteiger partial charge in [-0.3, -0.25) is 0 Å². The first kappa shape index (κ1) is 12.4. The van der Waals surface area contributed by atoms with Gasteiger partial charge in [-0.25, -0.2) is 0 Å². The Kier molecular flexibility index (Phi) is 2.60. The van der Waals surface area contributed by atoms with Gasteiger partial charge in [0.25, 0.3) is 0 Å². The van der Waals surface area contributed by atoms with Crippen molar-refractivity contribution in [3.63, 3.8) is 0 Å². The maximum absolute atomic E-state index is 10.7. The molecular formula is C3H5F6N2PS. The molecule has 0 atom stereocenters. The minimum Gasteiger partial charge on any atom is -0.338 e. The summed E-state index contributed by atoms with van der Waals surface area (Å²) in [7, 11) is -10.7. The van der Waals surface area contributed by atoms with Crippen LogP contribution in [-0.4, -0.2) is 9.97 Å². The summed E-state index contributed by atoms with van der Waals surface area (Å²) in [6.45, 7) is 0. The quantitative estimate of drug-likeness (QED) is 0.392. The van der Waals surface area contributed by atoms with Crippen LogP contribution >= 0.6 is 20.0 Å². The Hall–Kier alpha value is -0.560. The number of rotatable bonds is 0. The molecule has 0 aliphatic rings. The van der Waals surface area contributed by atoms with E-state index in [-0.39, 0.29) is 1.43 Å². The van der Waals surface area contributed by atoms with Gasteiger partial charge in [0.2, 0.25) is 0 Å². The van der Waals surface area contributed by atoms with Crippen molar-refractivity contribution < 1.29 is 26.6 Å². The van der Waals surface area contributed by atoms with Gasteiger partial charge in [0.15, 0.2) is 4.77 Å². The largest absolute Gasteiger partial charge is 1.00 e. The van der Waals surface area contributed by atoms with Crippen LogP contribution in [0.15, 0.2) is 12.4 Å². The van der Waals surface area contributed by atoms with Crippen LogP contribution < -0.4 is 0 Å². The van der Waals surface area contributed by atoms with Gasteiger partial charge in [0.1, 0.15) is 0 Å². The van der Waals surface area contributed by atoms with Crippen molar-refractivity contribution in [3.05, 3.63) is 17.2 Å². The first-order valence-electron chi connectivity index (χ1n) is 2.63. The van der Waals surface area contributed by atoms with Gasteiger partial charge in [-0.1, -0.05) is 0 Å². The molecule has 0 saturated carbocycles. The molecule has 10 heteroatoms. The molecule has 0 unspecified atom stereocenters. The van der Waals surface area contributed by atoms with Crippen molar-refractivity contribution >= 4 is 20.0 Å². The summed E-state index contributed by atoms with van der Waals surface area (Å²) in [4.78, 5) is 5.52. The van der Waals surface area contributed by atoms with E-state index in [1.807, 2.05) is 0 Å². The van der Waals surface area contributed by atoms with Crippen LogP contribution in [-0.2, 0) is 0 Å². The van der Waals surface area contributed by atoms with Crippen LogP contribution in [0.5, 0.6) is 0 Å². The Balaban J connectivity index is 0. The Labute approximate surface area is 74.7 Å².